The first-order valence-corrected chi connectivity index (χ1v) is 7.09. The molecule has 1 aromatic rings. The highest BCUT2D eigenvalue weighted by atomic mass is 35.5. The van der Waals surface area contributed by atoms with Gasteiger partial charge in [0.1, 0.15) is 10.4 Å². The smallest absolute Gasteiger partial charge is 0.399 e. The molecule has 0 atom stereocenters. The number of anilines is 1. The molecular weight excluding hydrogens is 305 g/mol. The van der Waals surface area contributed by atoms with Crippen molar-refractivity contribution in [2.75, 3.05) is 5.73 Å². The Balaban J connectivity index is 2.37. The SMILES string of the molecule is Nc1ccc(Cl)c(S(=O)(=O)NC2(C(F)(F)F)CC2)c1. The summed E-state index contributed by atoms with van der Waals surface area (Å²) in [4.78, 5) is -0.454. The van der Waals surface area contributed by atoms with Crippen molar-refractivity contribution in [3.63, 3.8) is 0 Å². The predicted octanol–water partition coefficient (Wildman–Crippen LogP) is 2.30. The lowest BCUT2D eigenvalue weighted by molar-refractivity contribution is -0.160. The molecule has 0 aromatic heterocycles. The number of hydrogen-bond donors (Lipinski definition) is 2. The van der Waals surface area contributed by atoms with Crippen molar-refractivity contribution in [2.45, 2.75) is 29.5 Å². The van der Waals surface area contributed by atoms with E-state index in [0.29, 0.717) is 0 Å². The van der Waals surface area contributed by atoms with Gasteiger partial charge in [0.05, 0.1) is 5.02 Å². The van der Waals surface area contributed by atoms with Gasteiger partial charge < -0.3 is 5.73 Å². The third-order valence-electron chi connectivity index (χ3n) is 2.87. The Morgan fingerprint density at radius 2 is 1.89 bits per heavy atom. The van der Waals surface area contributed by atoms with E-state index in [1.807, 2.05) is 0 Å². The van der Waals surface area contributed by atoms with Crippen LogP contribution < -0.4 is 10.5 Å². The van der Waals surface area contributed by atoms with Gasteiger partial charge in [0.15, 0.2) is 0 Å². The Morgan fingerprint density at radius 3 is 2.37 bits per heavy atom. The highest BCUT2D eigenvalue weighted by Gasteiger charge is 2.65. The van der Waals surface area contributed by atoms with Crippen LogP contribution in [0.5, 0.6) is 0 Å². The third kappa shape index (κ3) is 2.65. The Labute approximate surface area is 112 Å². The quantitative estimate of drug-likeness (QED) is 0.841. The number of halogens is 4. The standard InChI is InChI=1S/C10H10ClF3N2O2S/c11-7-2-1-6(15)5-8(7)19(17,18)16-9(3-4-9)10(12,13)14/h1-2,5,16H,3-4,15H2. The molecule has 0 aliphatic heterocycles. The van der Waals surface area contributed by atoms with E-state index in [4.69, 9.17) is 17.3 Å². The molecule has 0 heterocycles. The van der Waals surface area contributed by atoms with Crippen molar-refractivity contribution < 1.29 is 21.6 Å². The van der Waals surface area contributed by atoms with Gasteiger partial charge in [-0.25, -0.2) is 8.42 Å². The minimum atomic E-state index is -4.63. The summed E-state index contributed by atoms with van der Waals surface area (Å²) < 4.78 is 63.8. The summed E-state index contributed by atoms with van der Waals surface area (Å²) in [7, 11) is -4.37. The molecule has 1 aromatic carbocycles. The molecule has 2 rings (SSSR count). The van der Waals surface area contributed by atoms with Gasteiger partial charge in [0.2, 0.25) is 10.0 Å². The van der Waals surface area contributed by atoms with Gasteiger partial charge in [-0.1, -0.05) is 11.6 Å². The number of nitrogens with one attached hydrogen (secondary N) is 1. The number of nitrogens with two attached hydrogens (primary N) is 1. The Bertz CT molecular complexity index is 612. The zero-order chi connectivity index (χ0) is 14.5. The first-order chi connectivity index (χ1) is 8.57. The summed E-state index contributed by atoms with van der Waals surface area (Å²) >= 11 is 5.69. The molecule has 106 valence electrons. The van der Waals surface area contributed by atoms with Crippen LogP contribution in [-0.4, -0.2) is 20.1 Å². The number of sulfonamides is 1. The first-order valence-electron chi connectivity index (χ1n) is 5.23. The molecule has 3 N–H and O–H groups in total. The number of benzene rings is 1. The van der Waals surface area contributed by atoms with E-state index in [-0.39, 0.29) is 23.6 Å². The number of hydrogen-bond acceptors (Lipinski definition) is 3. The maximum Gasteiger partial charge on any atom is 0.407 e. The molecule has 0 saturated heterocycles. The second-order valence-corrected chi connectivity index (χ2v) is 6.43. The highest BCUT2D eigenvalue weighted by Crippen LogP contribution is 2.49. The summed E-state index contributed by atoms with van der Waals surface area (Å²) in [5, 5.41) is -0.181. The van der Waals surface area contributed by atoms with Crippen LogP contribution in [-0.2, 0) is 10.0 Å². The van der Waals surface area contributed by atoms with Crippen LogP contribution in [0.4, 0.5) is 18.9 Å². The van der Waals surface area contributed by atoms with E-state index >= 15 is 0 Å². The molecule has 19 heavy (non-hydrogen) atoms. The summed E-state index contributed by atoms with van der Waals surface area (Å²) in [6.45, 7) is 0. The molecule has 0 radical (unpaired) electrons. The third-order valence-corrected chi connectivity index (χ3v) is 4.89. The van der Waals surface area contributed by atoms with Crippen molar-refractivity contribution in [1.29, 1.82) is 0 Å². The number of alkyl halides is 3. The van der Waals surface area contributed by atoms with Crippen LogP contribution in [0.1, 0.15) is 12.8 Å². The van der Waals surface area contributed by atoms with E-state index in [9.17, 15) is 21.6 Å². The molecule has 0 amide bonds. The normalized spacial score (nSPS) is 18.3. The molecule has 1 saturated carbocycles. The zero-order valence-electron chi connectivity index (χ0n) is 9.46. The monoisotopic (exact) mass is 314 g/mol. The minimum absolute atomic E-state index is 0.0987. The van der Waals surface area contributed by atoms with E-state index in [1.165, 1.54) is 12.1 Å². The molecule has 0 unspecified atom stereocenters. The summed E-state index contributed by atoms with van der Waals surface area (Å²) in [5.41, 5.74) is 3.14. The van der Waals surface area contributed by atoms with Crippen LogP contribution >= 0.6 is 11.6 Å². The topological polar surface area (TPSA) is 72.2 Å². The second-order valence-electron chi connectivity index (χ2n) is 4.38. The molecule has 1 aliphatic carbocycles. The van der Waals surface area contributed by atoms with Crippen LogP contribution in [0.15, 0.2) is 23.1 Å². The fourth-order valence-corrected chi connectivity index (χ4v) is 3.59. The van der Waals surface area contributed by atoms with Crippen molar-refractivity contribution in [3.8, 4) is 0 Å². The van der Waals surface area contributed by atoms with Crippen molar-refractivity contribution >= 4 is 27.3 Å². The van der Waals surface area contributed by atoms with E-state index < -0.39 is 26.6 Å². The molecule has 1 fully saturated rings. The fourth-order valence-electron chi connectivity index (χ4n) is 1.61. The second kappa shape index (κ2) is 4.26. The van der Waals surface area contributed by atoms with E-state index in [1.54, 1.807) is 4.72 Å². The van der Waals surface area contributed by atoms with Gasteiger partial charge in [0.25, 0.3) is 0 Å². The molecule has 4 nitrogen and oxygen atoms in total. The number of rotatable bonds is 3. The maximum atomic E-state index is 12.7. The molecule has 0 spiro atoms. The highest BCUT2D eigenvalue weighted by molar-refractivity contribution is 7.89. The van der Waals surface area contributed by atoms with Crippen LogP contribution in [0.25, 0.3) is 0 Å². The van der Waals surface area contributed by atoms with Gasteiger partial charge in [-0.05, 0) is 31.0 Å². The van der Waals surface area contributed by atoms with Crippen LogP contribution in [0, 0.1) is 0 Å². The summed E-state index contributed by atoms with van der Waals surface area (Å²) in [5.74, 6) is 0. The van der Waals surface area contributed by atoms with Gasteiger partial charge >= 0.3 is 6.18 Å². The van der Waals surface area contributed by atoms with Gasteiger partial charge in [-0.3, -0.25) is 0 Å². The Hall–Kier alpha value is -0.990. The average molecular weight is 315 g/mol. The fraction of sp³-hybridized carbons (Fsp3) is 0.400. The van der Waals surface area contributed by atoms with Crippen LogP contribution in [0.3, 0.4) is 0 Å². The van der Waals surface area contributed by atoms with Crippen LogP contribution in [0.2, 0.25) is 5.02 Å². The van der Waals surface area contributed by atoms with Crippen molar-refractivity contribution in [3.05, 3.63) is 23.2 Å². The number of nitrogen functional groups attached to an aromatic ring is 1. The molecule has 9 heteroatoms. The predicted molar refractivity (Wildman–Crippen MR) is 64.2 cm³/mol. The van der Waals surface area contributed by atoms with E-state index in [0.717, 1.165) is 6.07 Å². The lowest BCUT2D eigenvalue weighted by Crippen LogP contribution is -2.47. The van der Waals surface area contributed by atoms with E-state index in [2.05, 4.69) is 0 Å². The largest absolute Gasteiger partial charge is 0.407 e. The summed E-state index contributed by atoms with van der Waals surface area (Å²) in [6, 6.07) is 3.60. The summed E-state index contributed by atoms with van der Waals surface area (Å²) in [6.07, 6.45) is -5.20. The minimum Gasteiger partial charge on any atom is -0.399 e. The Morgan fingerprint density at radius 1 is 1.32 bits per heavy atom. The zero-order valence-corrected chi connectivity index (χ0v) is 11.0. The van der Waals surface area contributed by atoms with Crippen molar-refractivity contribution in [2.24, 2.45) is 0 Å². The lowest BCUT2D eigenvalue weighted by atomic mass is 10.3. The first kappa shape index (κ1) is 14.4. The Kier molecular flexibility index (Phi) is 3.23. The molecule has 1 aliphatic rings. The van der Waals surface area contributed by atoms with Crippen molar-refractivity contribution in [1.82, 2.24) is 4.72 Å². The maximum absolute atomic E-state index is 12.7. The van der Waals surface area contributed by atoms with Gasteiger partial charge in [0, 0.05) is 5.69 Å². The van der Waals surface area contributed by atoms with Gasteiger partial charge in [-0.2, -0.15) is 17.9 Å². The molecule has 0 bridgehead atoms. The van der Waals surface area contributed by atoms with Gasteiger partial charge in [-0.15, -0.1) is 0 Å². The molecular formula is C10H10ClF3N2O2S. The lowest BCUT2D eigenvalue weighted by Gasteiger charge is -2.21. The average Bonchev–Trinajstić information content (AvgIpc) is 3.01.